The van der Waals surface area contributed by atoms with E-state index < -0.39 is 6.36 Å². The van der Waals surface area contributed by atoms with Crippen molar-refractivity contribution in [3.8, 4) is 0 Å². The second kappa shape index (κ2) is 1.80. The van der Waals surface area contributed by atoms with Crippen molar-refractivity contribution in [3.63, 3.8) is 0 Å². The van der Waals surface area contributed by atoms with Crippen LogP contribution >= 0.6 is 12.0 Å². The van der Waals surface area contributed by atoms with Gasteiger partial charge in [-0.1, -0.05) is 0 Å². The van der Waals surface area contributed by atoms with E-state index in [4.69, 9.17) is 0 Å². The first-order valence-electron chi connectivity index (χ1n) is 1.82. The number of hydrogen-bond acceptors (Lipinski definition) is 2. The number of hydrogen-bond donors (Lipinski definition) is 0. The summed E-state index contributed by atoms with van der Waals surface area (Å²) in [5, 5.41) is 0. The zero-order chi connectivity index (χ0) is 4.41. The van der Waals surface area contributed by atoms with Crippen LogP contribution in [0.1, 0.15) is 6.42 Å². The van der Waals surface area contributed by atoms with Gasteiger partial charge in [0.2, 0.25) is 6.36 Å². The zero-order valence-corrected chi connectivity index (χ0v) is 4.00. The summed E-state index contributed by atoms with van der Waals surface area (Å²) in [4.78, 5) is 0. The van der Waals surface area contributed by atoms with Crippen LogP contribution in [0.2, 0.25) is 0 Å². The highest BCUT2D eigenvalue weighted by molar-refractivity contribution is 7.94. The molecule has 0 spiro atoms. The first-order chi connectivity index (χ1) is 2.89. The normalized spacial score (nSPS) is 34.5. The van der Waals surface area contributed by atoms with Crippen molar-refractivity contribution in [2.24, 2.45) is 0 Å². The molecule has 0 aromatic heterocycles. The molecular formula is C3H5FOS. The van der Waals surface area contributed by atoms with Gasteiger partial charge in [-0.05, 0) is 12.0 Å². The van der Waals surface area contributed by atoms with Crippen LogP contribution in [0.15, 0.2) is 0 Å². The third-order valence-electron chi connectivity index (χ3n) is 0.601. The van der Waals surface area contributed by atoms with Gasteiger partial charge >= 0.3 is 0 Å². The van der Waals surface area contributed by atoms with Crippen LogP contribution in [0.25, 0.3) is 0 Å². The first-order valence-corrected chi connectivity index (χ1v) is 2.73. The first kappa shape index (κ1) is 4.40. The summed E-state index contributed by atoms with van der Waals surface area (Å²) < 4.78 is 16.1. The highest BCUT2D eigenvalue weighted by Crippen LogP contribution is 2.21. The average molecular weight is 108 g/mol. The van der Waals surface area contributed by atoms with Crippen molar-refractivity contribution >= 4 is 12.0 Å². The summed E-state index contributed by atoms with van der Waals surface area (Å²) in [5.74, 6) is 0.807. The lowest BCUT2D eigenvalue weighted by Crippen LogP contribution is -1.89. The summed E-state index contributed by atoms with van der Waals surface area (Å²) >= 11 is 1.21. The monoisotopic (exact) mass is 108 g/mol. The van der Waals surface area contributed by atoms with Crippen LogP contribution in [-0.4, -0.2) is 12.1 Å². The van der Waals surface area contributed by atoms with Crippen LogP contribution in [-0.2, 0) is 4.18 Å². The summed E-state index contributed by atoms with van der Waals surface area (Å²) in [7, 11) is 0. The maximum absolute atomic E-state index is 11.7. The summed E-state index contributed by atoms with van der Waals surface area (Å²) in [5.41, 5.74) is 0. The minimum absolute atomic E-state index is 0.560. The van der Waals surface area contributed by atoms with Crippen molar-refractivity contribution in [2.75, 3.05) is 5.75 Å². The van der Waals surface area contributed by atoms with E-state index in [1.807, 2.05) is 0 Å². The van der Waals surface area contributed by atoms with E-state index in [2.05, 4.69) is 4.18 Å². The van der Waals surface area contributed by atoms with E-state index >= 15 is 0 Å². The molecule has 3 heteroatoms. The van der Waals surface area contributed by atoms with Gasteiger partial charge in [-0.25, -0.2) is 4.39 Å². The Kier molecular flexibility index (Phi) is 1.32. The largest absolute Gasteiger partial charge is 0.279 e. The van der Waals surface area contributed by atoms with Crippen molar-refractivity contribution in [3.05, 3.63) is 0 Å². The van der Waals surface area contributed by atoms with Gasteiger partial charge in [-0.3, -0.25) is 4.18 Å². The van der Waals surface area contributed by atoms with Gasteiger partial charge in [-0.2, -0.15) is 0 Å². The molecule has 0 aromatic rings. The molecule has 0 saturated carbocycles. The zero-order valence-electron chi connectivity index (χ0n) is 3.19. The van der Waals surface area contributed by atoms with Crippen molar-refractivity contribution in [1.29, 1.82) is 0 Å². The molecule has 1 heterocycles. The molecule has 1 atom stereocenters. The van der Waals surface area contributed by atoms with E-state index in [0.717, 1.165) is 5.75 Å². The van der Waals surface area contributed by atoms with Crippen molar-refractivity contribution < 1.29 is 8.57 Å². The Morgan fingerprint density at radius 1 is 1.83 bits per heavy atom. The Balaban J connectivity index is 2.18. The topological polar surface area (TPSA) is 9.23 Å². The lowest BCUT2D eigenvalue weighted by Gasteiger charge is -1.87. The van der Waals surface area contributed by atoms with Gasteiger partial charge in [-0.15, -0.1) is 0 Å². The van der Waals surface area contributed by atoms with Crippen molar-refractivity contribution in [2.45, 2.75) is 12.8 Å². The molecular weight excluding hydrogens is 103 g/mol. The lowest BCUT2D eigenvalue weighted by molar-refractivity contribution is 0.106. The van der Waals surface area contributed by atoms with E-state index in [1.165, 1.54) is 12.0 Å². The van der Waals surface area contributed by atoms with Crippen LogP contribution in [0.3, 0.4) is 0 Å². The van der Waals surface area contributed by atoms with Gasteiger partial charge in [0.15, 0.2) is 0 Å². The molecule has 1 aliphatic rings. The lowest BCUT2D eigenvalue weighted by atomic mass is 10.5. The molecule has 36 valence electrons. The summed E-state index contributed by atoms with van der Waals surface area (Å²) in [6, 6.07) is 0. The van der Waals surface area contributed by atoms with Crippen LogP contribution in [0, 0.1) is 0 Å². The predicted octanol–water partition coefficient (Wildman–Crippen LogP) is 1.35. The molecule has 1 unspecified atom stereocenters. The van der Waals surface area contributed by atoms with E-state index in [-0.39, 0.29) is 0 Å². The Morgan fingerprint density at radius 3 is 2.83 bits per heavy atom. The maximum Gasteiger partial charge on any atom is 0.212 e. The van der Waals surface area contributed by atoms with Gasteiger partial charge in [0.05, 0.1) is 0 Å². The molecule has 1 nitrogen and oxygen atoms in total. The van der Waals surface area contributed by atoms with E-state index in [9.17, 15) is 4.39 Å². The Labute approximate surface area is 40.1 Å². The van der Waals surface area contributed by atoms with Gasteiger partial charge < -0.3 is 0 Å². The smallest absolute Gasteiger partial charge is 0.212 e. The third kappa shape index (κ3) is 0.849. The number of halogens is 1. The average Bonchev–Trinajstić information content (AvgIpc) is 1.86. The quantitative estimate of drug-likeness (QED) is 0.433. The minimum Gasteiger partial charge on any atom is -0.279 e. The molecule has 1 fully saturated rings. The molecule has 0 bridgehead atoms. The van der Waals surface area contributed by atoms with Crippen LogP contribution in [0.4, 0.5) is 4.39 Å². The van der Waals surface area contributed by atoms with Crippen LogP contribution < -0.4 is 0 Å². The van der Waals surface area contributed by atoms with E-state index in [0.29, 0.717) is 6.42 Å². The van der Waals surface area contributed by atoms with Gasteiger partial charge in [0.25, 0.3) is 0 Å². The highest BCUT2D eigenvalue weighted by Gasteiger charge is 2.13. The number of rotatable bonds is 0. The molecule has 6 heavy (non-hydrogen) atoms. The molecule has 1 rings (SSSR count). The second-order valence-corrected chi connectivity index (χ2v) is 1.95. The highest BCUT2D eigenvalue weighted by atomic mass is 32.2. The van der Waals surface area contributed by atoms with Crippen LogP contribution in [0.5, 0.6) is 0 Å². The van der Waals surface area contributed by atoms with Gasteiger partial charge in [0, 0.05) is 12.2 Å². The molecule has 0 aliphatic carbocycles. The Hall–Kier alpha value is 0.240. The Morgan fingerprint density at radius 2 is 2.67 bits per heavy atom. The Bertz CT molecular complexity index is 44.1. The fraction of sp³-hybridized carbons (Fsp3) is 1.00. The predicted molar refractivity (Wildman–Crippen MR) is 23.1 cm³/mol. The molecule has 0 amide bonds. The molecule has 1 aliphatic heterocycles. The maximum atomic E-state index is 11.7. The summed E-state index contributed by atoms with van der Waals surface area (Å²) in [6.07, 6.45) is -0.431. The number of alkyl halides is 1. The fourth-order valence-corrected chi connectivity index (χ4v) is 0.932. The van der Waals surface area contributed by atoms with E-state index in [1.54, 1.807) is 0 Å². The molecule has 1 saturated heterocycles. The molecule has 0 N–H and O–H groups in total. The summed E-state index contributed by atoms with van der Waals surface area (Å²) in [6.45, 7) is 0. The fourth-order valence-electron chi connectivity index (χ4n) is 0.311. The molecule has 0 aromatic carbocycles. The third-order valence-corrected chi connectivity index (χ3v) is 1.35. The van der Waals surface area contributed by atoms with Gasteiger partial charge in [0.1, 0.15) is 0 Å². The molecule has 0 radical (unpaired) electrons. The second-order valence-electron chi connectivity index (χ2n) is 1.12. The SMILES string of the molecule is FC1CCSO1. The minimum atomic E-state index is -0.991. The standard InChI is InChI=1S/C3H5FOS/c4-3-1-2-6-5-3/h3H,1-2H2. The van der Waals surface area contributed by atoms with Crippen molar-refractivity contribution in [1.82, 2.24) is 0 Å².